The Bertz CT molecular complexity index is 1760. The summed E-state index contributed by atoms with van der Waals surface area (Å²) in [5.74, 6) is 5.42. The molecule has 10 nitrogen and oxygen atoms in total. The van der Waals surface area contributed by atoms with E-state index in [1.807, 2.05) is 24.3 Å². The summed E-state index contributed by atoms with van der Waals surface area (Å²) in [6.07, 6.45) is 1.69. The predicted molar refractivity (Wildman–Crippen MR) is 161 cm³/mol. The highest BCUT2D eigenvalue weighted by Gasteiger charge is 2.48. The number of benzene rings is 3. The lowest BCUT2D eigenvalue weighted by Gasteiger charge is -2.17. The van der Waals surface area contributed by atoms with Gasteiger partial charge in [0.1, 0.15) is 28.2 Å². The third kappa shape index (κ3) is 5.02. The van der Waals surface area contributed by atoms with Gasteiger partial charge in [0.2, 0.25) is 13.6 Å². The van der Waals surface area contributed by atoms with Crippen LogP contribution in [0.5, 0.6) is 34.5 Å². The van der Waals surface area contributed by atoms with Crippen molar-refractivity contribution >= 4 is 11.0 Å². The van der Waals surface area contributed by atoms with Crippen molar-refractivity contribution in [2.45, 2.75) is 38.9 Å². The molecule has 2 saturated heterocycles. The van der Waals surface area contributed by atoms with Crippen molar-refractivity contribution < 1.29 is 42.7 Å². The van der Waals surface area contributed by atoms with E-state index in [1.165, 1.54) is 6.07 Å². The molecule has 0 radical (unpaired) electrons. The average molecular weight is 615 g/mol. The highest BCUT2D eigenvalue weighted by Crippen LogP contribution is 2.52. The fourth-order valence-electron chi connectivity index (χ4n) is 6.93. The molecular weight excluding hydrogens is 580 g/mol. The maximum absolute atomic E-state index is 12.0. The molecule has 0 amide bonds. The Hall–Kier alpha value is -4.41. The third-order valence-electron chi connectivity index (χ3n) is 9.31. The second-order valence-corrected chi connectivity index (χ2v) is 12.3. The molecule has 5 unspecified atom stereocenters. The molecule has 45 heavy (non-hydrogen) atoms. The van der Waals surface area contributed by atoms with Crippen LogP contribution < -0.4 is 29.1 Å². The van der Waals surface area contributed by atoms with Crippen LogP contribution in [0.15, 0.2) is 57.7 Å². The molecule has 1 aromatic heterocycles. The molecule has 5 aliphatic rings. The van der Waals surface area contributed by atoms with Crippen molar-refractivity contribution in [3.05, 3.63) is 81.2 Å². The lowest BCUT2D eigenvalue weighted by Crippen LogP contribution is -2.14. The molecule has 5 aliphatic heterocycles. The second kappa shape index (κ2) is 11.2. The van der Waals surface area contributed by atoms with Gasteiger partial charge in [-0.2, -0.15) is 0 Å². The molecular formula is C35H34O10. The zero-order valence-electron chi connectivity index (χ0n) is 25.1. The number of phenols is 1. The van der Waals surface area contributed by atoms with Crippen molar-refractivity contribution in [2.24, 2.45) is 17.8 Å². The Balaban J connectivity index is 0.000000141. The molecule has 3 aromatic carbocycles. The van der Waals surface area contributed by atoms with Gasteiger partial charge in [-0.1, -0.05) is 19.1 Å². The highest BCUT2D eigenvalue weighted by atomic mass is 16.7. The van der Waals surface area contributed by atoms with Crippen LogP contribution in [0, 0.1) is 24.7 Å². The van der Waals surface area contributed by atoms with Gasteiger partial charge in [-0.25, -0.2) is 0 Å². The van der Waals surface area contributed by atoms with Crippen molar-refractivity contribution in [1.29, 1.82) is 0 Å². The first-order chi connectivity index (χ1) is 21.9. The van der Waals surface area contributed by atoms with E-state index in [0.29, 0.717) is 66.7 Å². The molecule has 0 spiro atoms. The maximum Gasteiger partial charge on any atom is 0.231 e. The quantitative estimate of drug-likeness (QED) is 0.289. The van der Waals surface area contributed by atoms with Crippen LogP contribution >= 0.6 is 0 Å². The maximum atomic E-state index is 12.0. The summed E-state index contributed by atoms with van der Waals surface area (Å²) in [5.41, 5.74) is 3.13. The minimum absolute atomic E-state index is 0.00958. The topological polar surface area (TPSA) is 115 Å². The summed E-state index contributed by atoms with van der Waals surface area (Å²) < 4.78 is 45.4. The summed E-state index contributed by atoms with van der Waals surface area (Å²) in [5, 5.41) is 10.6. The van der Waals surface area contributed by atoms with Gasteiger partial charge < -0.3 is 42.7 Å². The Morgan fingerprint density at radius 3 is 1.93 bits per heavy atom. The van der Waals surface area contributed by atoms with Gasteiger partial charge in [-0.3, -0.25) is 4.79 Å². The van der Waals surface area contributed by atoms with Gasteiger partial charge >= 0.3 is 0 Å². The Morgan fingerprint density at radius 1 is 0.711 bits per heavy atom. The van der Waals surface area contributed by atoms with Crippen LogP contribution in [-0.4, -0.2) is 38.5 Å². The van der Waals surface area contributed by atoms with Crippen molar-refractivity contribution in [3.63, 3.8) is 0 Å². The summed E-state index contributed by atoms with van der Waals surface area (Å²) in [6.45, 7) is 6.37. The van der Waals surface area contributed by atoms with E-state index in [4.69, 9.17) is 37.6 Å². The molecule has 6 heterocycles. The van der Waals surface area contributed by atoms with E-state index in [9.17, 15) is 9.90 Å². The molecule has 9 rings (SSSR count). The summed E-state index contributed by atoms with van der Waals surface area (Å²) in [4.78, 5) is 12.0. The third-order valence-corrected chi connectivity index (χ3v) is 9.31. The molecule has 5 atom stereocenters. The number of phenolic OH excluding ortho intramolecular Hbond substituents is 1. The molecule has 4 aromatic rings. The summed E-state index contributed by atoms with van der Waals surface area (Å²) in [6, 6.07) is 15.2. The Labute approximate surface area is 259 Å². The monoisotopic (exact) mass is 614 g/mol. The zero-order valence-corrected chi connectivity index (χ0v) is 25.1. The van der Waals surface area contributed by atoms with Crippen LogP contribution in [0.1, 0.15) is 48.0 Å². The standard InChI is InChI=1S/C20H18O6.C15H16O4/c1-3-15-17(25-9-23-15)5-11(1)19-13-7-22-20(14(13)8-21-19)12-2-4-16-18(6-12)26-10-24-16;1-8-3-4-10-12(18-7-8)6-13-14(15(10)17)11(16)5-9(2)19-13/h1-6,13-14,19-20H,7-10H2;5-6,8,17H,3-4,7H2,1-2H3. The lowest BCUT2D eigenvalue weighted by molar-refractivity contribution is 0.0192. The van der Waals surface area contributed by atoms with Crippen molar-refractivity contribution in [3.8, 4) is 34.5 Å². The average Bonchev–Trinajstić information content (AvgIpc) is 3.82. The molecule has 2 fully saturated rings. The van der Waals surface area contributed by atoms with E-state index in [-0.39, 0.29) is 42.4 Å². The van der Waals surface area contributed by atoms with Crippen LogP contribution in [0.4, 0.5) is 0 Å². The largest absolute Gasteiger partial charge is 0.507 e. The Morgan fingerprint density at radius 2 is 1.31 bits per heavy atom. The van der Waals surface area contributed by atoms with E-state index < -0.39 is 0 Å². The van der Waals surface area contributed by atoms with Crippen molar-refractivity contribution in [1.82, 2.24) is 0 Å². The van der Waals surface area contributed by atoms with Gasteiger partial charge in [0.25, 0.3) is 0 Å². The Kier molecular flexibility index (Phi) is 6.98. The van der Waals surface area contributed by atoms with Gasteiger partial charge in [-0.05, 0) is 61.1 Å². The molecule has 1 N–H and O–H groups in total. The molecule has 0 saturated carbocycles. The van der Waals surface area contributed by atoms with Crippen molar-refractivity contribution in [2.75, 3.05) is 33.4 Å². The number of rotatable bonds is 2. The van der Waals surface area contributed by atoms with Crippen LogP contribution in [0.25, 0.3) is 11.0 Å². The number of aryl methyl sites for hydroxylation is 1. The zero-order chi connectivity index (χ0) is 30.7. The van der Waals surface area contributed by atoms with Gasteiger partial charge in [0.05, 0.1) is 32.0 Å². The number of fused-ring (bicyclic) bond motifs is 5. The summed E-state index contributed by atoms with van der Waals surface area (Å²) >= 11 is 0. The van der Waals surface area contributed by atoms with Crippen LogP contribution in [-0.2, 0) is 15.9 Å². The fourth-order valence-corrected chi connectivity index (χ4v) is 6.93. The fraction of sp³-hybridized carbons (Fsp3) is 0.400. The van der Waals surface area contributed by atoms with Gasteiger partial charge in [0, 0.05) is 29.5 Å². The van der Waals surface area contributed by atoms with Gasteiger partial charge in [0.15, 0.2) is 28.4 Å². The molecule has 234 valence electrons. The summed E-state index contributed by atoms with van der Waals surface area (Å²) in [7, 11) is 0. The van der Waals surface area contributed by atoms with E-state index in [0.717, 1.165) is 40.5 Å². The normalized spacial score (nSPS) is 25.6. The number of hydrogen-bond donors (Lipinski definition) is 1. The smallest absolute Gasteiger partial charge is 0.231 e. The number of aromatic hydroxyl groups is 1. The first-order valence-corrected chi connectivity index (χ1v) is 15.4. The number of ether oxygens (including phenoxy) is 7. The lowest BCUT2D eigenvalue weighted by atomic mass is 9.85. The van der Waals surface area contributed by atoms with E-state index in [1.54, 1.807) is 13.0 Å². The number of hydrogen-bond acceptors (Lipinski definition) is 10. The van der Waals surface area contributed by atoms with Gasteiger partial charge in [-0.15, -0.1) is 0 Å². The van der Waals surface area contributed by atoms with Crippen LogP contribution in [0.2, 0.25) is 0 Å². The molecule has 10 heteroatoms. The van der Waals surface area contributed by atoms with E-state index in [2.05, 4.69) is 19.1 Å². The minimum atomic E-state index is -0.212. The predicted octanol–water partition coefficient (Wildman–Crippen LogP) is 5.99. The highest BCUT2D eigenvalue weighted by molar-refractivity contribution is 5.87. The first-order valence-electron chi connectivity index (χ1n) is 15.4. The SMILES string of the molecule is Cc1cc(=O)c2c(O)c3c(cc2o1)OCC(C)CC3.c1cc2c(cc1C1OCC3C(c4ccc5c(c4)OCO5)OCC13)OCO2. The molecule has 0 bridgehead atoms. The second-order valence-electron chi connectivity index (χ2n) is 12.3. The van der Waals surface area contributed by atoms with E-state index >= 15 is 0 Å². The minimum Gasteiger partial charge on any atom is -0.507 e. The first kappa shape index (κ1) is 28.1. The van der Waals surface area contributed by atoms with Crippen LogP contribution in [0.3, 0.4) is 0 Å². The molecule has 0 aliphatic carbocycles.